The van der Waals surface area contributed by atoms with E-state index in [-0.39, 0.29) is 11.2 Å². The fourth-order valence-corrected chi connectivity index (χ4v) is 4.58. The minimum Gasteiger partial charge on any atom is -0.341 e. The zero-order chi connectivity index (χ0) is 21.8. The lowest BCUT2D eigenvalue weighted by atomic mass is 10.1. The lowest BCUT2D eigenvalue weighted by Crippen LogP contribution is -2.31. The van der Waals surface area contributed by atoms with Crippen molar-refractivity contribution in [2.24, 2.45) is 0 Å². The molecule has 0 spiro atoms. The number of amides is 1. The number of aromatic nitrogens is 3. The molecule has 31 heavy (non-hydrogen) atoms. The highest BCUT2D eigenvalue weighted by Gasteiger charge is 2.25. The fraction of sp³-hybridized carbons (Fsp3) is 0.375. The highest BCUT2D eigenvalue weighted by molar-refractivity contribution is 8.00. The Morgan fingerprint density at radius 1 is 1.00 bits per heavy atom. The Morgan fingerprint density at radius 2 is 1.71 bits per heavy atom. The molecule has 7 heteroatoms. The maximum atomic E-state index is 12.9. The number of hydrogen-bond donors (Lipinski definition) is 1. The van der Waals surface area contributed by atoms with Crippen molar-refractivity contribution in [3.05, 3.63) is 59.7 Å². The zero-order valence-corrected chi connectivity index (χ0v) is 19.2. The van der Waals surface area contributed by atoms with Crippen LogP contribution in [0.3, 0.4) is 0 Å². The molecule has 0 bridgehead atoms. The lowest BCUT2D eigenvalue weighted by molar-refractivity contribution is -0.115. The van der Waals surface area contributed by atoms with Crippen LogP contribution >= 0.6 is 11.8 Å². The molecular weight excluding hydrogens is 406 g/mol. The maximum absolute atomic E-state index is 12.9. The molecule has 162 valence electrons. The molecule has 1 fully saturated rings. The first-order valence-electron chi connectivity index (χ1n) is 10.8. The number of benzene rings is 2. The molecule has 1 atom stereocenters. The number of hydrogen-bond acceptors (Lipinski definition) is 5. The fourth-order valence-electron chi connectivity index (χ4n) is 3.72. The first kappa shape index (κ1) is 21.4. The summed E-state index contributed by atoms with van der Waals surface area (Å²) in [5.74, 6) is 0.815. The number of piperidine rings is 1. The number of rotatable bonds is 6. The van der Waals surface area contributed by atoms with Gasteiger partial charge in [0.15, 0.2) is 5.16 Å². The van der Waals surface area contributed by atoms with Crippen LogP contribution in [0.15, 0.2) is 53.7 Å². The summed E-state index contributed by atoms with van der Waals surface area (Å²) in [6.07, 6.45) is 3.59. The second-order valence-corrected chi connectivity index (χ2v) is 9.37. The molecule has 2 heterocycles. The Labute approximate surface area is 188 Å². The van der Waals surface area contributed by atoms with Gasteiger partial charge < -0.3 is 10.2 Å². The van der Waals surface area contributed by atoms with E-state index in [1.54, 1.807) is 0 Å². The predicted molar refractivity (Wildman–Crippen MR) is 127 cm³/mol. The van der Waals surface area contributed by atoms with Gasteiger partial charge >= 0.3 is 0 Å². The van der Waals surface area contributed by atoms with Crippen molar-refractivity contribution in [2.75, 3.05) is 23.3 Å². The quantitative estimate of drug-likeness (QED) is 0.553. The maximum Gasteiger partial charge on any atom is 0.237 e. The number of aryl methyl sites for hydroxylation is 2. The highest BCUT2D eigenvalue weighted by atomic mass is 32.2. The Balaban J connectivity index is 1.59. The monoisotopic (exact) mass is 435 g/mol. The van der Waals surface area contributed by atoms with E-state index < -0.39 is 0 Å². The number of carbonyl (C=O) groups excluding carboxylic acids is 1. The van der Waals surface area contributed by atoms with Crippen molar-refractivity contribution >= 4 is 29.3 Å². The van der Waals surface area contributed by atoms with Crippen molar-refractivity contribution in [2.45, 2.75) is 50.4 Å². The number of nitrogens with one attached hydrogen (secondary N) is 1. The van der Waals surface area contributed by atoms with Gasteiger partial charge in [0, 0.05) is 18.8 Å². The van der Waals surface area contributed by atoms with Crippen LogP contribution < -0.4 is 10.2 Å². The summed E-state index contributed by atoms with van der Waals surface area (Å²) in [6.45, 7) is 7.95. The molecular formula is C24H29N5OS. The molecule has 4 rings (SSSR count). The first-order chi connectivity index (χ1) is 15.0. The van der Waals surface area contributed by atoms with Crippen molar-refractivity contribution in [3.8, 4) is 5.69 Å². The summed E-state index contributed by atoms with van der Waals surface area (Å²) in [5.41, 5.74) is 4.11. The van der Waals surface area contributed by atoms with Gasteiger partial charge in [0.05, 0.1) is 10.9 Å². The Morgan fingerprint density at radius 3 is 2.42 bits per heavy atom. The van der Waals surface area contributed by atoms with E-state index in [0.717, 1.165) is 41.1 Å². The summed E-state index contributed by atoms with van der Waals surface area (Å²) in [7, 11) is 0. The molecule has 1 N–H and O–H groups in total. The number of para-hydroxylation sites is 1. The average Bonchev–Trinajstić information content (AvgIpc) is 3.20. The van der Waals surface area contributed by atoms with Crippen LogP contribution in [0.4, 0.5) is 11.6 Å². The first-order valence-corrected chi connectivity index (χ1v) is 11.7. The molecule has 1 aromatic heterocycles. The number of carbonyl (C=O) groups is 1. The second-order valence-electron chi connectivity index (χ2n) is 8.07. The highest BCUT2D eigenvalue weighted by Crippen LogP contribution is 2.31. The van der Waals surface area contributed by atoms with Crippen molar-refractivity contribution in [3.63, 3.8) is 0 Å². The summed E-state index contributed by atoms with van der Waals surface area (Å²) < 4.78 is 2.09. The molecule has 1 amide bonds. The standard InChI is InChI=1S/C24H29N5OS/c1-17-11-13-20(14-12-17)29-23(28-15-7-4-8-16-28)26-27-24(29)31-19(3)22(30)25-21-10-6-5-9-18(21)2/h5-6,9-14,19H,4,7-8,15-16H2,1-3H3,(H,25,30). The van der Waals surface area contributed by atoms with Crippen molar-refractivity contribution in [1.82, 2.24) is 14.8 Å². The topological polar surface area (TPSA) is 63.1 Å². The third-order valence-corrected chi connectivity index (χ3v) is 6.64. The van der Waals surface area contributed by atoms with Gasteiger partial charge in [0.25, 0.3) is 0 Å². The van der Waals surface area contributed by atoms with E-state index >= 15 is 0 Å². The predicted octanol–water partition coefficient (Wildman–Crippen LogP) is 4.99. The van der Waals surface area contributed by atoms with Crippen LogP contribution in [-0.2, 0) is 4.79 Å². The van der Waals surface area contributed by atoms with Crippen LogP contribution in [0.25, 0.3) is 5.69 Å². The van der Waals surface area contributed by atoms with Crippen molar-refractivity contribution < 1.29 is 4.79 Å². The van der Waals surface area contributed by atoms with Gasteiger partial charge in [-0.3, -0.25) is 9.36 Å². The van der Waals surface area contributed by atoms with E-state index in [1.807, 2.05) is 38.1 Å². The zero-order valence-electron chi connectivity index (χ0n) is 18.3. The van der Waals surface area contributed by atoms with Gasteiger partial charge in [-0.15, -0.1) is 10.2 Å². The minimum absolute atomic E-state index is 0.0442. The lowest BCUT2D eigenvalue weighted by Gasteiger charge is -2.28. The Bertz CT molecular complexity index is 1040. The Hall–Kier alpha value is -2.80. The van der Waals surface area contributed by atoms with Gasteiger partial charge in [0.1, 0.15) is 0 Å². The van der Waals surface area contributed by atoms with Gasteiger partial charge in [-0.2, -0.15) is 0 Å². The van der Waals surface area contributed by atoms with E-state index in [4.69, 9.17) is 0 Å². The molecule has 2 aromatic carbocycles. The van der Waals surface area contributed by atoms with Crippen LogP contribution in [-0.4, -0.2) is 39.0 Å². The summed E-state index contributed by atoms with van der Waals surface area (Å²) >= 11 is 1.44. The van der Waals surface area contributed by atoms with E-state index in [2.05, 4.69) is 56.2 Å². The molecule has 0 aliphatic carbocycles. The van der Waals surface area contributed by atoms with Crippen LogP contribution in [0.5, 0.6) is 0 Å². The molecule has 3 aromatic rings. The van der Waals surface area contributed by atoms with Gasteiger partial charge in [-0.05, 0) is 63.8 Å². The normalized spacial score (nSPS) is 15.0. The smallest absolute Gasteiger partial charge is 0.237 e. The van der Waals surface area contributed by atoms with E-state index in [9.17, 15) is 4.79 Å². The molecule has 1 aliphatic heterocycles. The summed E-state index contributed by atoms with van der Waals surface area (Å²) in [6, 6.07) is 16.2. The van der Waals surface area contributed by atoms with Gasteiger partial charge in [0.2, 0.25) is 11.9 Å². The van der Waals surface area contributed by atoms with Gasteiger partial charge in [-0.25, -0.2) is 0 Å². The third kappa shape index (κ3) is 4.93. The third-order valence-electron chi connectivity index (χ3n) is 5.60. The molecule has 1 saturated heterocycles. The summed E-state index contributed by atoms with van der Waals surface area (Å²) in [5, 5.41) is 12.5. The molecule has 1 aliphatic rings. The van der Waals surface area contributed by atoms with Crippen LogP contribution in [0, 0.1) is 13.8 Å². The molecule has 0 radical (unpaired) electrons. The van der Waals surface area contributed by atoms with E-state index in [0.29, 0.717) is 0 Å². The van der Waals surface area contributed by atoms with Crippen molar-refractivity contribution in [1.29, 1.82) is 0 Å². The van der Waals surface area contributed by atoms with Crippen LogP contribution in [0.1, 0.15) is 37.3 Å². The average molecular weight is 436 g/mol. The Kier molecular flexibility index (Phi) is 6.61. The molecule has 6 nitrogen and oxygen atoms in total. The SMILES string of the molecule is Cc1ccc(-n2c(SC(C)C(=O)Nc3ccccc3C)nnc2N2CCCCC2)cc1. The number of anilines is 2. The largest absolute Gasteiger partial charge is 0.341 e. The van der Waals surface area contributed by atoms with E-state index in [1.165, 1.54) is 36.6 Å². The number of thioether (sulfide) groups is 1. The number of nitrogens with zero attached hydrogens (tertiary/aromatic N) is 4. The molecule has 0 saturated carbocycles. The van der Waals surface area contributed by atoms with Gasteiger partial charge in [-0.1, -0.05) is 47.7 Å². The minimum atomic E-state index is -0.317. The second kappa shape index (κ2) is 9.56. The molecule has 1 unspecified atom stereocenters. The summed E-state index contributed by atoms with van der Waals surface area (Å²) in [4.78, 5) is 15.2. The van der Waals surface area contributed by atoms with Crippen LogP contribution in [0.2, 0.25) is 0 Å².